The van der Waals surface area contributed by atoms with Gasteiger partial charge in [0.05, 0.1) is 29.8 Å². The third-order valence-electron chi connectivity index (χ3n) is 6.96. The average molecular weight is 322 g/mol. The van der Waals surface area contributed by atoms with Crippen LogP contribution in [-0.2, 0) is 28.5 Å². The maximum absolute atomic E-state index is 12.2. The molecule has 9 atom stereocenters. The van der Waals surface area contributed by atoms with Gasteiger partial charge in [-0.15, -0.1) is 0 Å². The van der Waals surface area contributed by atoms with Crippen LogP contribution in [0.2, 0.25) is 0 Å². The Balaban J connectivity index is 1.58. The first kappa shape index (κ1) is 14.2. The molecule has 5 rings (SSSR count). The molecule has 126 valence electrons. The molecule has 6 nitrogen and oxygen atoms in total. The molecule has 0 aromatic rings. The highest BCUT2D eigenvalue weighted by atomic mass is 16.6. The van der Waals surface area contributed by atoms with Gasteiger partial charge in [-0.05, 0) is 13.3 Å². The maximum atomic E-state index is 12.2. The fraction of sp³-hybridized carbons (Fsp3) is 0.882. The summed E-state index contributed by atoms with van der Waals surface area (Å²) in [6.45, 7) is 6.13. The monoisotopic (exact) mass is 322 g/mol. The van der Waals surface area contributed by atoms with Crippen molar-refractivity contribution >= 4 is 11.9 Å². The molecule has 6 heteroatoms. The summed E-state index contributed by atoms with van der Waals surface area (Å²) >= 11 is 0. The molecule has 0 N–H and O–H groups in total. The molecule has 0 aromatic carbocycles. The molecule has 0 amide bonds. The molecule has 0 aromatic heterocycles. The van der Waals surface area contributed by atoms with E-state index in [0.29, 0.717) is 18.9 Å². The first-order valence-corrected chi connectivity index (χ1v) is 8.55. The van der Waals surface area contributed by atoms with Gasteiger partial charge in [0.15, 0.2) is 0 Å². The summed E-state index contributed by atoms with van der Waals surface area (Å²) < 4.78 is 23.3. The minimum Gasteiger partial charge on any atom is -0.462 e. The zero-order chi connectivity index (χ0) is 16.1. The summed E-state index contributed by atoms with van der Waals surface area (Å²) in [5.74, 6) is -0.416. The number of fused-ring (bicyclic) bond motifs is 6. The normalized spacial score (nSPS) is 58.7. The predicted molar refractivity (Wildman–Crippen MR) is 76.3 cm³/mol. The number of esters is 2. The Kier molecular flexibility index (Phi) is 2.53. The van der Waals surface area contributed by atoms with Crippen molar-refractivity contribution in [1.29, 1.82) is 0 Å². The van der Waals surface area contributed by atoms with Crippen LogP contribution in [0.15, 0.2) is 0 Å². The topological polar surface area (TPSA) is 77.7 Å². The molecule has 5 fully saturated rings. The summed E-state index contributed by atoms with van der Waals surface area (Å²) in [7, 11) is 0. The lowest BCUT2D eigenvalue weighted by Crippen LogP contribution is -2.42. The van der Waals surface area contributed by atoms with Crippen molar-refractivity contribution in [3.05, 3.63) is 0 Å². The molecule has 3 aliphatic heterocycles. The molecule has 1 spiro atoms. The van der Waals surface area contributed by atoms with Crippen LogP contribution in [0.25, 0.3) is 0 Å². The zero-order valence-corrected chi connectivity index (χ0v) is 13.6. The third-order valence-corrected chi connectivity index (χ3v) is 6.96. The van der Waals surface area contributed by atoms with E-state index in [0.717, 1.165) is 6.42 Å². The van der Waals surface area contributed by atoms with E-state index < -0.39 is 0 Å². The molecule has 3 heterocycles. The number of rotatable bonds is 1. The standard InChI is InChI=1S/C17H22O6/c1-7-12-10(21-8(2)18)5-17(6-20-17)9-4-11-16(3,23-11)13(9)14(12)22-15(7)19/h7,9-14H,4-6H2,1-3H3. The molecule has 3 saturated heterocycles. The van der Waals surface area contributed by atoms with Gasteiger partial charge in [0.25, 0.3) is 0 Å². The number of hydrogen-bond donors (Lipinski definition) is 0. The molecular weight excluding hydrogens is 300 g/mol. The third kappa shape index (κ3) is 1.71. The van der Waals surface area contributed by atoms with Gasteiger partial charge in [-0.2, -0.15) is 0 Å². The molecule has 23 heavy (non-hydrogen) atoms. The smallest absolute Gasteiger partial charge is 0.309 e. The summed E-state index contributed by atoms with van der Waals surface area (Å²) in [6, 6.07) is 0. The van der Waals surface area contributed by atoms with E-state index in [4.69, 9.17) is 18.9 Å². The van der Waals surface area contributed by atoms with Crippen molar-refractivity contribution in [2.24, 2.45) is 23.7 Å². The molecule has 2 aliphatic carbocycles. The fourth-order valence-electron chi connectivity index (χ4n) is 5.72. The number of epoxide rings is 2. The van der Waals surface area contributed by atoms with E-state index >= 15 is 0 Å². The van der Waals surface area contributed by atoms with Crippen molar-refractivity contribution in [3.8, 4) is 0 Å². The molecule has 0 bridgehead atoms. The Hall–Kier alpha value is -1.14. The average Bonchev–Trinajstić information content (AvgIpc) is 3.32. The quantitative estimate of drug-likeness (QED) is 0.531. The van der Waals surface area contributed by atoms with Gasteiger partial charge in [0, 0.05) is 31.1 Å². The van der Waals surface area contributed by atoms with Gasteiger partial charge in [-0.3, -0.25) is 9.59 Å². The second kappa shape index (κ2) is 4.09. The van der Waals surface area contributed by atoms with Crippen LogP contribution < -0.4 is 0 Å². The lowest BCUT2D eigenvalue weighted by molar-refractivity contribution is -0.151. The summed E-state index contributed by atoms with van der Waals surface area (Å²) in [6.07, 6.45) is 1.29. The first-order valence-electron chi connectivity index (χ1n) is 8.55. The Morgan fingerprint density at radius 1 is 1.39 bits per heavy atom. The SMILES string of the molecule is CC(=O)OC1CC2(CO2)C2CC3OC3(C)C2C2OC(=O)C(C)C12. The van der Waals surface area contributed by atoms with Crippen molar-refractivity contribution in [3.63, 3.8) is 0 Å². The molecular formula is C17H22O6. The van der Waals surface area contributed by atoms with Crippen LogP contribution in [0.3, 0.4) is 0 Å². The van der Waals surface area contributed by atoms with E-state index in [-0.39, 0.29) is 59.2 Å². The summed E-state index contributed by atoms with van der Waals surface area (Å²) in [5.41, 5.74) is -0.441. The largest absolute Gasteiger partial charge is 0.462 e. The highest BCUT2D eigenvalue weighted by Crippen LogP contribution is 2.67. The van der Waals surface area contributed by atoms with Crippen molar-refractivity contribution in [2.75, 3.05) is 6.61 Å². The van der Waals surface area contributed by atoms with E-state index in [1.807, 2.05) is 6.92 Å². The second-order valence-corrected chi connectivity index (χ2v) is 8.13. The van der Waals surface area contributed by atoms with Gasteiger partial charge in [0.2, 0.25) is 0 Å². The Morgan fingerprint density at radius 2 is 2.13 bits per heavy atom. The number of carbonyl (C=O) groups is 2. The molecule has 5 aliphatic rings. The lowest BCUT2D eigenvalue weighted by Gasteiger charge is -2.32. The van der Waals surface area contributed by atoms with Crippen molar-refractivity contribution in [2.45, 2.75) is 63.1 Å². The van der Waals surface area contributed by atoms with Crippen molar-refractivity contribution in [1.82, 2.24) is 0 Å². The van der Waals surface area contributed by atoms with Crippen LogP contribution in [0, 0.1) is 23.7 Å². The Bertz CT molecular complexity index is 598. The summed E-state index contributed by atoms with van der Waals surface area (Å²) in [4.78, 5) is 23.8. The van der Waals surface area contributed by atoms with Gasteiger partial charge < -0.3 is 18.9 Å². The van der Waals surface area contributed by atoms with Gasteiger partial charge >= 0.3 is 11.9 Å². The second-order valence-electron chi connectivity index (χ2n) is 8.13. The highest BCUT2D eigenvalue weighted by Gasteiger charge is 2.77. The first-order chi connectivity index (χ1) is 10.9. The van der Waals surface area contributed by atoms with Gasteiger partial charge in [0.1, 0.15) is 12.2 Å². The molecule has 0 radical (unpaired) electrons. The van der Waals surface area contributed by atoms with Gasteiger partial charge in [-0.25, -0.2) is 0 Å². The van der Waals surface area contributed by atoms with E-state index in [9.17, 15) is 9.59 Å². The van der Waals surface area contributed by atoms with E-state index in [1.165, 1.54) is 6.92 Å². The molecule has 9 unspecified atom stereocenters. The van der Waals surface area contributed by atoms with E-state index in [1.54, 1.807) is 0 Å². The van der Waals surface area contributed by atoms with Crippen LogP contribution in [0.4, 0.5) is 0 Å². The van der Waals surface area contributed by atoms with Crippen molar-refractivity contribution < 1.29 is 28.5 Å². The van der Waals surface area contributed by atoms with Crippen LogP contribution in [0.1, 0.15) is 33.6 Å². The number of ether oxygens (including phenoxy) is 4. The number of carbonyl (C=O) groups excluding carboxylic acids is 2. The van der Waals surface area contributed by atoms with Crippen LogP contribution in [0.5, 0.6) is 0 Å². The minimum absolute atomic E-state index is 0.109. The predicted octanol–water partition coefficient (Wildman–Crippen LogP) is 1.06. The summed E-state index contributed by atoms with van der Waals surface area (Å²) in [5, 5.41) is 0. The minimum atomic E-state index is -0.326. The number of hydrogen-bond acceptors (Lipinski definition) is 6. The lowest BCUT2D eigenvalue weighted by atomic mass is 9.75. The Morgan fingerprint density at radius 3 is 2.78 bits per heavy atom. The van der Waals surface area contributed by atoms with Crippen LogP contribution >= 0.6 is 0 Å². The van der Waals surface area contributed by atoms with Gasteiger partial charge in [-0.1, -0.05) is 6.92 Å². The Labute approximate surface area is 134 Å². The van der Waals surface area contributed by atoms with Crippen LogP contribution in [-0.4, -0.2) is 48.1 Å². The highest BCUT2D eigenvalue weighted by molar-refractivity contribution is 5.75. The molecule has 2 saturated carbocycles. The zero-order valence-electron chi connectivity index (χ0n) is 13.6. The maximum Gasteiger partial charge on any atom is 0.309 e. The fourth-order valence-corrected chi connectivity index (χ4v) is 5.72. The van der Waals surface area contributed by atoms with E-state index in [2.05, 4.69) is 6.92 Å².